The van der Waals surface area contributed by atoms with Crippen LogP contribution < -0.4 is 10.1 Å². The highest BCUT2D eigenvalue weighted by Crippen LogP contribution is 2.28. The van der Waals surface area contributed by atoms with E-state index in [0.717, 1.165) is 29.7 Å². The molecule has 4 heteroatoms. The van der Waals surface area contributed by atoms with Crippen molar-refractivity contribution < 1.29 is 9.13 Å². The number of benzene rings is 1. The number of nitrogens with one attached hydrogen (secondary N) is 1. The molecule has 1 N–H and O–H groups in total. The van der Waals surface area contributed by atoms with Crippen LogP contribution in [0.15, 0.2) is 18.2 Å². The number of aryl methyl sites for hydroxylation is 1. The maximum atomic E-state index is 13.4. The fourth-order valence-corrected chi connectivity index (χ4v) is 1.90. The normalized spacial score (nSPS) is 10.7. The molecule has 0 spiro atoms. The minimum absolute atomic E-state index is 0.310. The SMILES string of the molecule is CCCNc1nc2c(OC)cc(F)cc2cc1C. The summed E-state index contributed by atoms with van der Waals surface area (Å²) in [5, 5.41) is 4.02. The number of pyridine rings is 1. The average molecular weight is 248 g/mol. The Labute approximate surface area is 106 Å². The number of ether oxygens (including phenoxy) is 1. The molecule has 0 radical (unpaired) electrons. The van der Waals surface area contributed by atoms with E-state index in [9.17, 15) is 4.39 Å². The van der Waals surface area contributed by atoms with E-state index in [2.05, 4.69) is 17.2 Å². The van der Waals surface area contributed by atoms with Crippen LogP contribution in [0.1, 0.15) is 18.9 Å². The Morgan fingerprint density at radius 3 is 2.78 bits per heavy atom. The van der Waals surface area contributed by atoms with E-state index in [-0.39, 0.29) is 5.82 Å². The summed E-state index contributed by atoms with van der Waals surface area (Å²) in [6.07, 6.45) is 1.03. The first kappa shape index (κ1) is 12.6. The topological polar surface area (TPSA) is 34.2 Å². The van der Waals surface area contributed by atoms with Gasteiger partial charge in [-0.25, -0.2) is 9.37 Å². The largest absolute Gasteiger partial charge is 0.494 e. The highest BCUT2D eigenvalue weighted by atomic mass is 19.1. The predicted molar refractivity (Wildman–Crippen MR) is 71.8 cm³/mol. The summed E-state index contributed by atoms with van der Waals surface area (Å²) >= 11 is 0. The monoisotopic (exact) mass is 248 g/mol. The molecule has 0 unspecified atom stereocenters. The summed E-state index contributed by atoms with van der Waals surface area (Å²) < 4.78 is 18.6. The van der Waals surface area contributed by atoms with Crippen LogP contribution in [0.2, 0.25) is 0 Å². The molecule has 0 fully saturated rings. The van der Waals surface area contributed by atoms with E-state index in [0.29, 0.717) is 11.3 Å². The summed E-state index contributed by atoms with van der Waals surface area (Å²) in [5.41, 5.74) is 1.69. The molecule has 0 saturated heterocycles. The van der Waals surface area contributed by atoms with E-state index in [1.165, 1.54) is 19.2 Å². The Bertz CT molecular complexity index is 569. The van der Waals surface area contributed by atoms with Gasteiger partial charge in [-0.1, -0.05) is 6.92 Å². The standard InChI is InChI=1S/C14H17FN2O/c1-4-5-16-14-9(2)6-10-7-11(15)8-12(18-3)13(10)17-14/h6-8H,4-5H2,1-3H3,(H,16,17). The second-order valence-corrected chi connectivity index (χ2v) is 4.26. The maximum Gasteiger partial charge on any atom is 0.148 e. The number of aromatic nitrogens is 1. The second-order valence-electron chi connectivity index (χ2n) is 4.26. The lowest BCUT2D eigenvalue weighted by molar-refractivity contribution is 0.415. The molecule has 1 aromatic carbocycles. The molecule has 0 aliphatic rings. The zero-order valence-corrected chi connectivity index (χ0v) is 10.9. The van der Waals surface area contributed by atoms with Gasteiger partial charge in [-0.15, -0.1) is 0 Å². The maximum absolute atomic E-state index is 13.4. The van der Waals surface area contributed by atoms with E-state index >= 15 is 0 Å². The molecule has 2 aromatic rings. The van der Waals surface area contributed by atoms with Crippen LogP contribution in [0.3, 0.4) is 0 Å². The van der Waals surface area contributed by atoms with Gasteiger partial charge in [-0.05, 0) is 31.0 Å². The van der Waals surface area contributed by atoms with Crippen LogP contribution in [-0.4, -0.2) is 18.6 Å². The van der Waals surface area contributed by atoms with Gasteiger partial charge in [0.1, 0.15) is 22.9 Å². The van der Waals surface area contributed by atoms with Gasteiger partial charge in [0, 0.05) is 18.0 Å². The fraction of sp³-hybridized carbons (Fsp3) is 0.357. The Hall–Kier alpha value is -1.84. The smallest absolute Gasteiger partial charge is 0.148 e. The number of rotatable bonds is 4. The molecule has 0 atom stereocenters. The van der Waals surface area contributed by atoms with Crippen LogP contribution in [0.25, 0.3) is 10.9 Å². The Kier molecular flexibility index (Phi) is 3.65. The minimum Gasteiger partial charge on any atom is -0.494 e. The molecule has 96 valence electrons. The first-order valence-electron chi connectivity index (χ1n) is 6.04. The van der Waals surface area contributed by atoms with Crippen LogP contribution in [0.4, 0.5) is 10.2 Å². The lowest BCUT2D eigenvalue weighted by Crippen LogP contribution is -2.04. The van der Waals surface area contributed by atoms with E-state index < -0.39 is 0 Å². The quantitative estimate of drug-likeness (QED) is 0.899. The molecular weight excluding hydrogens is 231 g/mol. The summed E-state index contributed by atoms with van der Waals surface area (Å²) in [7, 11) is 1.52. The molecule has 3 nitrogen and oxygen atoms in total. The number of fused-ring (bicyclic) bond motifs is 1. The number of hydrogen-bond acceptors (Lipinski definition) is 3. The number of hydrogen-bond donors (Lipinski definition) is 1. The third-order valence-corrected chi connectivity index (χ3v) is 2.80. The van der Waals surface area contributed by atoms with Gasteiger partial charge in [-0.2, -0.15) is 0 Å². The van der Waals surface area contributed by atoms with Crippen LogP contribution in [-0.2, 0) is 0 Å². The van der Waals surface area contributed by atoms with Crippen molar-refractivity contribution in [2.24, 2.45) is 0 Å². The van der Waals surface area contributed by atoms with Crippen molar-refractivity contribution in [1.82, 2.24) is 4.98 Å². The Balaban J connectivity index is 2.57. The van der Waals surface area contributed by atoms with Crippen molar-refractivity contribution in [2.75, 3.05) is 19.0 Å². The first-order chi connectivity index (χ1) is 8.65. The van der Waals surface area contributed by atoms with Crippen molar-refractivity contribution >= 4 is 16.7 Å². The van der Waals surface area contributed by atoms with Crippen LogP contribution in [0.5, 0.6) is 5.75 Å². The predicted octanol–water partition coefficient (Wildman–Crippen LogP) is 3.51. The van der Waals surface area contributed by atoms with Gasteiger partial charge in [0.2, 0.25) is 0 Å². The molecule has 0 bridgehead atoms. The minimum atomic E-state index is -0.310. The summed E-state index contributed by atoms with van der Waals surface area (Å²) in [6.45, 7) is 4.92. The molecule has 0 aliphatic carbocycles. The average Bonchev–Trinajstić information content (AvgIpc) is 2.35. The van der Waals surface area contributed by atoms with Gasteiger partial charge >= 0.3 is 0 Å². The van der Waals surface area contributed by atoms with Gasteiger partial charge < -0.3 is 10.1 Å². The van der Waals surface area contributed by atoms with Crippen LogP contribution >= 0.6 is 0 Å². The Morgan fingerprint density at radius 2 is 2.11 bits per heavy atom. The van der Waals surface area contributed by atoms with E-state index in [1.54, 1.807) is 0 Å². The first-order valence-corrected chi connectivity index (χ1v) is 6.04. The molecule has 18 heavy (non-hydrogen) atoms. The number of nitrogens with zero attached hydrogens (tertiary/aromatic N) is 1. The van der Waals surface area contributed by atoms with Gasteiger partial charge in [0.25, 0.3) is 0 Å². The second kappa shape index (κ2) is 5.21. The molecule has 2 rings (SSSR count). The molecule has 0 amide bonds. The zero-order chi connectivity index (χ0) is 13.1. The lowest BCUT2D eigenvalue weighted by Gasteiger charge is -2.11. The van der Waals surface area contributed by atoms with Crippen molar-refractivity contribution in [3.05, 3.63) is 29.6 Å². The van der Waals surface area contributed by atoms with Crippen molar-refractivity contribution in [2.45, 2.75) is 20.3 Å². The Morgan fingerprint density at radius 1 is 1.33 bits per heavy atom. The highest BCUT2D eigenvalue weighted by molar-refractivity contribution is 5.87. The summed E-state index contributed by atoms with van der Waals surface area (Å²) in [4.78, 5) is 4.52. The molecule has 1 aromatic heterocycles. The molecule has 1 heterocycles. The lowest BCUT2D eigenvalue weighted by atomic mass is 10.1. The number of halogens is 1. The highest BCUT2D eigenvalue weighted by Gasteiger charge is 2.09. The third-order valence-electron chi connectivity index (χ3n) is 2.80. The number of methoxy groups -OCH3 is 1. The van der Waals surface area contributed by atoms with Crippen molar-refractivity contribution in [3.63, 3.8) is 0 Å². The van der Waals surface area contributed by atoms with Crippen molar-refractivity contribution in [3.8, 4) is 5.75 Å². The molecule has 0 aliphatic heterocycles. The third kappa shape index (κ3) is 2.37. The summed E-state index contributed by atoms with van der Waals surface area (Å²) in [5.74, 6) is 0.980. The molecular formula is C14H17FN2O. The van der Waals surface area contributed by atoms with E-state index in [1.807, 2.05) is 13.0 Å². The van der Waals surface area contributed by atoms with Gasteiger partial charge in [-0.3, -0.25) is 0 Å². The van der Waals surface area contributed by atoms with Crippen molar-refractivity contribution in [1.29, 1.82) is 0 Å². The van der Waals surface area contributed by atoms with Gasteiger partial charge in [0.15, 0.2) is 0 Å². The molecule has 0 saturated carbocycles. The van der Waals surface area contributed by atoms with Crippen LogP contribution in [0, 0.1) is 12.7 Å². The number of anilines is 1. The summed E-state index contributed by atoms with van der Waals surface area (Å²) in [6, 6.07) is 4.75. The zero-order valence-electron chi connectivity index (χ0n) is 10.9. The fourth-order valence-electron chi connectivity index (χ4n) is 1.90. The van der Waals surface area contributed by atoms with Gasteiger partial charge in [0.05, 0.1) is 7.11 Å². The van der Waals surface area contributed by atoms with E-state index in [4.69, 9.17) is 4.74 Å².